The molecule has 5 nitrogen and oxygen atoms in total. The summed E-state index contributed by atoms with van der Waals surface area (Å²) in [6.07, 6.45) is 1.72. The van der Waals surface area contributed by atoms with E-state index in [1.54, 1.807) is 19.3 Å². The van der Waals surface area contributed by atoms with Gasteiger partial charge in [0.1, 0.15) is 0 Å². The molecule has 1 aromatic heterocycles. The lowest BCUT2D eigenvalue weighted by molar-refractivity contribution is -0.129. The average Bonchev–Trinajstić information content (AvgIpc) is 3.19. The third-order valence-corrected chi connectivity index (χ3v) is 4.06. The van der Waals surface area contributed by atoms with Crippen LogP contribution >= 0.6 is 11.3 Å². The van der Waals surface area contributed by atoms with Crippen molar-refractivity contribution >= 4 is 29.3 Å². The summed E-state index contributed by atoms with van der Waals surface area (Å²) in [5.74, 6) is 1.14. The van der Waals surface area contributed by atoms with E-state index in [4.69, 9.17) is 14.2 Å². The molecule has 0 unspecified atom stereocenters. The first-order valence-corrected chi connectivity index (χ1v) is 8.36. The number of benzene rings is 1. The molecule has 0 spiro atoms. The Morgan fingerprint density at radius 1 is 1.25 bits per heavy atom. The van der Waals surface area contributed by atoms with Gasteiger partial charge in [-0.05, 0) is 49.1 Å². The second-order valence-corrected chi connectivity index (χ2v) is 6.34. The number of thiophene rings is 1. The zero-order valence-electron chi connectivity index (χ0n) is 13.6. The first kappa shape index (κ1) is 16.3. The van der Waals surface area contributed by atoms with Gasteiger partial charge >= 0.3 is 5.97 Å². The van der Waals surface area contributed by atoms with Gasteiger partial charge in [0.05, 0.1) is 18.1 Å². The molecular weight excluding hydrogens is 326 g/mol. The molecule has 0 fully saturated rings. The molecule has 124 valence electrons. The molecule has 0 bridgehead atoms. The Labute approximate surface area is 144 Å². The van der Waals surface area contributed by atoms with Crippen molar-refractivity contribution in [3.8, 4) is 11.5 Å². The SMILES string of the molecule is COc1cc(/C=C2\N=C(c3cccs3)OC2=O)ccc1OC(C)C. The van der Waals surface area contributed by atoms with E-state index in [1.807, 2.05) is 43.5 Å². The molecular formula is C18H17NO4S. The van der Waals surface area contributed by atoms with Crippen LogP contribution in [-0.4, -0.2) is 25.1 Å². The van der Waals surface area contributed by atoms with Crippen molar-refractivity contribution in [1.29, 1.82) is 0 Å². The second-order valence-electron chi connectivity index (χ2n) is 5.39. The first-order chi connectivity index (χ1) is 11.6. The van der Waals surface area contributed by atoms with Crippen molar-refractivity contribution < 1.29 is 19.0 Å². The number of rotatable bonds is 5. The van der Waals surface area contributed by atoms with Gasteiger partial charge in [-0.25, -0.2) is 9.79 Å². The van der Waals surface area contributed by atoms with Crippen LogP contribution in [0.25, 0.3) is 6.08 Å². The molecule has 0 saturated carbocycles. The Kier molecular flexibility index (Phi) is 4.66. The fourth-order valence-electron chi connectivity index (χ4n) is 2.20. The lowest BCUT2D eigenvalue weighted by atomic mass is 10.1. The van der Waals surface area contributed by atoms with E-state index in [0.717, 1.165) is 10.4 Å². The Bertz CT molecular complexity index is 806. The van der Waals surface area contributed by atoms with Gasteiger partial charge in [0.2, 0.25) is 5.90 Å². The van der Waals surface area contributed by atoms with Crippen molar-refractivity contribution in [3.63, 3.8) is 0 Å². The number of cyclic esters (lactones) is 1. The molecule has 24 heavy (non-hydrogen) atoms. The second kappa shape index (κ2) is 6.88. The van der Waals surface area contributed by atoms with Crippen LogP contribution in [0.1, 0.15) is 24.3 Å². The predicted molar refractivity (Wildman–Crippen MR) is 93.7 cm³/mol. The van der Waals surface area contributed by atoms with Gasteiger partial charge in [-0.2, -0.15) is 0 Å². The zero-order chi connectivity index (χ0) is 17.1. The maximum Gasteiger partial charge on any atom is 0.363 e. The van der Waals surface area contributed by atoms with Crippen LogP contribution in [0.4, 0.5) is 0 Å². The summed E-state index contributed by atoms with van der Waals surface area (Å²) >= 11 is 1.47. The van der Waals surface area contributed by atoms with Gasteiger partial charge in [0.15, 0.2) is 17.2 Å². The Morgan fingerprint density at radius 2 is 2.08 bits per heavy atom. The Balaban J connectivity index is 1.89. The molecule has 1 aliphatic heterocycles. The van der Waals surface area contributed by atoms with E-state index < -0.39 is 5.97 Å². The van der Waals surface area contributed by atoms with Gasteiger partial charge < -0.3 is 14.2 Å². The van der Waals surface area contributed by atoms with E-state index in [-0.39, 0.29) is 11.8 Å². The zero-order valence-corrected chi connectivity index (χ0v) is 14.4. The van der Waals surface area contributed by atoms with Gasteiger partial charge in [0, 0.05) is 0 Å². The summed E-state index contributed by atoms with van der Waals surface area (Å²) in [4.78, 5) is 17.1. The maximum atomic E-state index is 12.0. The molecule has 0 N–H and O–H groups in total. The van der Waals surface area contributed by atoms with Crippen molar-refractivity contribution in [2.75, 3.05) is 7.11 Å². The standard InChI is InChI=1S/C18H17NO4S/c1-11(2)22-14-7-6-12(10-15(14)21-3)9-13-18(20)23-17(19-13)16-5-4-8-24-16/h4-11H,1-3H3/b13-9-. The highest BCUT2D eigenvalue weighted by molar-refractivity contribution is 7.12. The van der Waals surface area contributed by atoms with Crippen molar-refractivity contribution in [1.82, 2.24) is 0 Å². The van der Waals surface area contributed by atoms with Gasteiger partial charge in [-0.1, -0.05) is 12.1 Å². The molecule has 0 aliphatic carbocycles. The average molecular weight is 343 g/mol. The fourth-order valence-corrected chi connectivity index (χ4v) is 2.85. The lowest BCUT2D eigenvalue weighted by Gasteiger charge is -2.13. The highest BCUT2D eigenvalue weighted by Crippen LogP contribution is 2.30. The number of esters is 1. The molecule has 1 aliphatic rings. The molecule has 0 atom stereocenters. The predicted octanol–water partition coefficient (Wildman–Crippen LogP) is 3.89. The maximum absolute atomic E-state index is 12.0. The number of aliphatic imine (C=N–C) groups is 1. The molecule has 0 amide bonds. The highest BCUT2D eigenvalue weighted by Gasteiger charge is 2.24. The third-order valence-electron chi connectivity index (χ3n) is 3.21. The van der Waals surface area contributed by atoms with Crippen LogP contribution in [0.5, 0.6) is 11.5 Å². The number of carbonyl (C=O) groups excluding carboxylic acids is 1. The van der Waals surface area contributed by atoms with E-state index in [2.05, 4.69) is 4.99 Å². The lowest BCUT2D eigenvalue weighted by Crippen LogP contribution is -2.06. The minimum Gasteiger partial charge on any atom is -0.493 e. The van der Waals surface area contributed by atoms with Crippen LogP contribution in [-0.2, 0) is 9.53 Å². The number of carbonyl (C=O) groups is 1. The topological polar surface area (TPSA) is 57.1 Å². The van der Waals surface area contributed by atoms with E-state index >= 15 is 0 Å². The summed E-state index contributed by atoms with van der Waals surface area (Å²) in [6, 6.07) is 9.21. The molecule has 0 radical (unpaired) electrons. The summed E-state index contributed by atoms with van der Waals surface area (Å²) in [6.45, 7) is 3.90. The van der Waals surface area contributed by atoms with Crippen LogP contribution in [0.2, 0.25) is 0 Å². The number of nitrogens with zero attached hydrogens (tertiary/aromatic N) is 1. The van der Waals surface area contributed by atoms with Crippen LogP contribution in [0, 0.1) is 0 Å². The van der Waals surface area contributed by atoms with Crippen LogP contribution in [0.3, 0.4) is 0 Å². The highest BCUT2D eigenvalue weighted by atomic mass is 32.1. The largest absolute Gasteiger partial charge is 0.493 e. The number of hydrogen-bond acceptors (Lipinski definition) is 6. The van der Waals surface area contributed by atoms with Crippen LogP contribution < -0.4 is 9.47 Å². The Hall–Kier alpha value is -2.60. The molecule has 2 heterocycles. The van der Waals surface area contributed by atoms with Crippen molar-refractivity contribution in [2.24, 2.45) is 4.99 Å². The normalized spacial score (nSPS) is 15.6. The minimum absolute atomic E-state index is 0.0471. The summed E-state index contributed by atoms with van der Waals surface area (Å²) in [5.41, 5.74) is 1.05. The molecule has 2 aromatic rings. The monoisotopic (exact) mass is 343 g/mol. The summed E-state index contributed by atoms with van der Waals surface area (Å²) in [7, 11) is 1.58. The van der Waals surface area contributed by atoms with Gasteiger partial charge in [0.25, 0.3) is 0 Å². The van der Waals surface area contributed by atoms with E-state index in [1.165, 1.54) is 11.3 Å². The first-order valence-electron chi connectivity index (χ1n) is 7.48. The molecule has 1 aromatic carbocycles. The number of ether oxygens (including phenoxy) is 3. The fraction of sp³-hybridized carbons (Fsp3) is 0.222. The van der Waals surface area contributed by atoms with Crippen molar-refractivity contribution in [3.05, 3.63) is 51.8 Å². The molecule has 0 saturated heterocycles. The summed E-state index contributed by atoms with van der Waals surface area (Å²) < 4.78 is 16.3. The summed E-state index contributed by atoms with van der Waals surface area (Å²) in [5, 5.41) is 1.91. The minimum atomic E-state index is -0.458. The quantitative estimate of drug-likeness (QED) is 0.610. The molecule has 3 rings (SSSR count). The van der Waals surface area contributed by atoms with Gasteiger partial charge in [-0.15, -0.1) is 11.3 Å². The van der Waals surface area contributed by atoms with E-state index in [0.29, 0.717) is 17.4 Å². The number of methoxy groups -OCH3 is 1. The van der Waals surface area contributed by atoms with Gasteiger partial charge in [-0.3, -0.25) is 0 Å². The third kappa shape index (κ3) is 3.49. The van der Waals surface area contributed by atoms with Crippen LogP contribution in [0.15, 0.2) is 46.4 Å². The molecule has 6 heteroatoms. The van der Waals surface area contributed by atoms with E-state index in [9.17, 15) is 4.79 Å². The smallest absolute Gasteiger partial charge is 0.363 e. The Morgan fingerprint density at radius 3 is 2.75 bits per heavy atom. The number of hydrogen-bond donors (Lipinski definition) is 0. The van der Waals surface area contributed by atoms with Crippen molar-refractivity contribution in [2.45, 2.75) is 20.0 Å².